The highest BCUT2D eigenvalue weighted by molar-refractivity contribution is 5.81. The van der Waals surface area contributed by atoms with Crippen LogP contribution in [0.5, 0.6) is 23.5 Å². The highest BCUT2D eigenvalue weighted by Crippen LogP contribution is 2.27. The monoisotopic (exact) mass is 274 g/mol. The molecular weight excluding hydrogens is 260 g/mol. The van der Waals surface area contributed by atoms with Gasteiger partial charge < -0.3 is 14.2 Å². The summed E-state index contributed by atoms with van der Waals surface area (Å²) in [7, 11) is 2.96. The predicted octanol–water partition coefficient (Wildman–Crippen LogP) is 2.41. The number of ether oxygens (including phenoxy) is 3. The molecule has 1 aromatic carbocycles. The van der Waals surface area contributed by atoms with E-state index in [0.717, 1.165) is 11.8 Å². The molecule has 0 unspecified atom stereocenters. The molecule has 6 nitrogen and oxygen atoms in total. The molecule has 20 heavy (non-hydrogen) atoms. The first-order valence-electron chi connectivity index (χ1n) is 5.87. The summed E-state index contributed by atoms with van der Waals surface area (Å²) in [5.41, 5.74) is 1.27. The van der Waals surface area contributed by atoms with E-state index in [0.29, 0.717) is 23.1 Å². The molecule has 0 spiro atoms. The van der Waals surface area contributed by atoms with Crippen LogP contribution in [0, 0.1) is 6.92 Å². The summed E-state index contributed by atoms with van der Waals surface area (Å²) in [6.07, 6.45) is 0.738. The van der Waals surface area contributed by atoms with Crippen molar-refractivity contribution in [2.75, 3.05) is 14.2 Å². The molecule has 1 heterocycles. The average Bonchev–Trinajstić information content (AvgIpc) is 2.47. The number of nitrogens with zero attached hydrogens (tertiary/aromatic N) is 2. The summed E-state index contributed by atoms with van der Waals surface area (Å²) in [4.78, 5) is 19.2. The molecule has 0 saturated heterocycles. The largest absolute Gasteiger partial charge is 0.481 e. The van der Waals surface area contributed by atoms with Gasteiger partial charge in [-0.3, -0.25) is 4.79 Å². The van der Waals surface area contributed by atoms with Gasteiger partial charge in [-0.05, 0) is 18.6 Å². The Morgan fingerprint density at radius 3 is 2.30 bits per heavy atom. The molecular formula is C14H14N2O4. The van der Waals surface area contributed by atoms with E-state index in [1.807, 2.05) is 13.0 Å². The topological polar surface area (TPSA) is 70.5 Å². The fourth-order valence-corrected chi connectivity index (χ4v) is 1.63. The Balaban J connectivity index is 2.39. The lowest BCUT2D eigenvalue weighted by Gasteiger charge is -2.10. The van der Waals surface area contributed by atoms with E-state index in [-0.39, 0.29) is 6.01 Å². The van der Waals surface area contributed by atoms with E-state index in [4.69, 9.17) is 14.2 Å². The van der Waals surface area contributed by atoms with Crippen LogP contribution in [0.1, 0.15) is 15.9 Å². The van der Waals surface area contributed by atoms with Crippen molar-refractivity contribution in [3.05, 3.63) is 35.4 Å². The maximum Gasteiger partial charge on any atom is 0.328 e. The third kappa shape index (κ3) is 2.85. The third-order valence-electron chi connectivity index (χ3n) is 2.68. The number of carbonyl (C=O) groups is 1. The maximum atomic E-state index is 11.1. The van der Waals surface area contributed by atoms with Gasteiger partial charge in [-0.25, -0.2) is 0 Å². The smallest absolute Gasteiger partial charge is 0.328 e. The second-order valence-corrected chi connectivity index (χ2v) is 3.94. The fraction of sp³-hybridized carbons (Fsp3) is 0.214. The van der Waals surface area contributed by atoms with Crippen LogP contribution >= 0.6 is 0 Å². The molecule has 104 valence electrons. The van der Waals surface area contributed by atoms with Crippen LogP contribution in [0.4, 0.5) is 0 Å². The van der Waals surface area contributed by atoms with Crippen LogP contribution in [0.15, 0.2) is 24.3 Å². The van der Waals surface area contributed by atoms with Crippen LogP contribution in [-0.2, 0) is 0 Å². The van der Waals surface area contributed by atoms with Crippen molar-refractivity contribution in [1.29, 1.82) is 0 Å². The molecule has 0 aliphatic carbocycles. The number of aromatic nitrogens is 2. The zero-order valence-electron chi connectivity index (χ0n) is 11.4. The summed E-state index contributed by atoms with van der Waals surface area (Å²) < 4.78 is 15.6. The third-order valence-corrected chi connectivity index (χ3v) is 2.68. The first kappa shape index (κ1) is 13.8. The Bertz CT molecular complexity index is 606. The fourth-order valence-electron chi connectivity index (χ4n) is 1.63. The number of hydrogen-bond donors (Lipinski definition) is 0. The summed E-state index contributed by atoms with van der Waals surface area (Å²) in [5.74, 6) is 1.01. The van der Waals surface area contributed by atoms with E-state index < -0.39 is 0 Å². The van der Waals surface area contributed by atoms with Gasteiger partial charge in [0.1, 0.15) is 5.75 Å². The zero-order valence-corrected chi connectivity index (χ0v) is 11.4. The zero-order chi connectivity index (χ0) is 14.5. The lowest BCUT2D eigenvalue weighted by atomic mass is 10.1. The molecule has 0 aliphatic heterocycles. The number of hydrogen-bond acceptors (Lipinski definition) is 6. The molecule has 0 radical (unpaired) electrons. The molecule has 1 aromatic heterocycles. The molecule has 0 fully saturated rings. The number of methoxy groups -OCH3 is 2. The molecule has 0 amide bonds. The standard InChI is InChI=1S/C14H14N2O4/c1-9-5-4-6-11(10(9)8-17)20-14-15-12(18-2)7-13(16-14)19-3/h4-8H,1-3H3. The van der Waals surface area contributed by atoms with Crippen molar-refractivity contribution < 1.29 is 19.0 Å². The molecule has 0 bridgehead atoms. The van der Waals surface area contributed by atoms with Gasteiger partial charge in [0, 0.05) is 0 Å². The van der Waals surface area contributed by atoms with Gasteiger partial charge in [0.25, 0.3) is 0 Å². The Morgan fingerprint density at radius 1 is 1.10 bits per heavy atom. The molecule has 0 aliphatic rings. The lowest BCUT2D eigenvalue weighted by molar-refractivity contribution is 0.112. The van der Waals surface area contributed by atoms with Gasteiger partial charge >= 0.3 is 6.01 Å². The number of aldehydes is 1. The first-order chi connectivity index (χ1) is 9.67. The summed E-state index contributed by atoms with van der Waals surface area (Å²) >= 11 is 0. The van der Waals surface area contributed by atoms with Crippen molar-refractivity contribution in [2.45, 2.75) is 6.92 Å². The van der Waals surface area contributed by atoms with Crippen LogP contribution in [0.2, 0.25) is 0 Å². The number of benzene rings is 1. The van der Waals surface area contributed by atoms with Crippen LogP contribution in [0.25, 0.3) is 0 Å². The minimum atomic E-state index is 0.0508. The van der Waals surface area contributed by atoms with Crippen molar-refractivity contribution in [2.24, 2.45) is 0 Å². The Kier molecular flexibility index (Phi) is 4.14. The van der Waals surface area contributed by atoms with Crippen LogP contribution in [0.3, 0.4) is 0 Å². The van der Waals surface area contributed by atoms with Crippen molar-refractivity contribution >= 4 is 6.29 Å². The SMILES string of the molecule is COc1cc(OC)nc(Oc2cccc(C)c2C=O)n1. The molecule has 0 saturated carbocycles. The van der Waals surface area contributed by atoms with E-state index in [2.05, 4.69) is 9.97 Å². The highest BCUT2D eigenvalue weighted by Gasteiger charge is 2.11. The lowest BCUT2D eigenvalue weighted by Crippen LogP contribution is -2.00. The minimum Gasteiger partial charge on any atom is -0.481 e. The van der Waals surface area contributed by atoms with E-state index in [1.54, 1.807) is 12.1 Å². The second kappa shape index (κ2) is 6.01. The Labute approximate surface area is 116 Å². The van der Waals surface area contributed by atoms with E-state index in [1.165, 1.54) is 20.3 Å². The normalized spacial score (nSPS) is 9.95. The van der Waals surface area contributed by atoms with Gasteiger partial charge in [-0.1, -0.05) is 12.1 Å². The van der Waals surface area contributed by atoms with Gasteiger partial charge in [-0.15, -0.1) is 0 Å². The highest BCUT2D eigenvalue weighted by atomic mass is 16.5. The minimum absolute atomic E-state index is 0.0508. The molecule has 0 atom stereocenters. The molecule has 6 heteroatoms. The van der Waals surface area contributed by atoms with Gasteiger partial charge in [-0.2, -0.15) is 9.97 Å². The molecule has 0 N–H and O–H groups in total. The number of rotatable bonds is 5. The van der Waals surface area contributed by atoms with Crippen LogP contribution < -0.4 is 14.2 Å². The summed E-state index contributed by atoms with van der Waals surface area (Å²) in [6.45, 7) is 1.82. The quantitative estimate of drug-likeness (QED) is 0.780. The van der Waals surface area contributed by atoms with Gasteiger partial charge in [0.2, 0.25) is 11.8 Å². The second-order valence-electron chi connectivity index (χ2n) is 3.94. The Hall–Kier alpha value is -2.63. The van der Waals surface area contributed by atoms with E-state index >= 15 is 0 Å². The maximum absolute atomic E-state index is 11.1. The van der Waals surface area contributed by atoms with Crippen LogP contribution in [-0.4, -0.2) is 30.5 Å². The first-order valence-corrected chi connectivity index (χ1v) is 5.87. The number of aryl methyl sites for hydroxylation is 1. The number of carbonyl (C=O) groups excluding carboxylic acids is 1. The van der Waals surface area contributed by atoms with Gasteiger partial charge in [0.05, 0.1) is 25.8 Å². The van der Waals surface area contributed by atoms with Crippen molar-refractivity contribution in [1.82, 2.24) is 9.97 Å². The van der Waals surface area contributed by atoms with E-state index in [9.17, 15) is 4.79 Å². The molecule has 2 rings (SSSR count). The Morgan fingerprint density at radius 2 is 1.75 bits per heavy atom. The molecule has 2 aromatic rings. The predicted molar refractivity (Wildman–Crippen MR) is 71.8 cm³/mol. The van der Waals surface area contributed by atoms with Crippen molar-refractivity contribution in [3.63, 3.8) is 0 Å². The average molecular weight is 274 g/mol. The van der Waals surface area contributed by atoms with Crippen molar-refractivity contribution in [3.8, 4) is 23.5 Å². The van der Waals surface area contributed by atoms with Gasteiger partial charge in [0.15, 0.2) is 6.29 Å². The summed E-state index contributed by atoms with van der Waals surface area (Å²) in [5, 5.41) is 0. The summed E-state index contributed by atoms with van der Waals surface area (Å²) in [6, 6.07) is 6.86.